The number of thiophene rings is 1. The summed E-state index contributed by atoms with van der Waals surface area (Å²) in [5, 5.41) is 11.1. The van der Waals surface area contributed by atoms with Crippen molar-refractivity contribution in [3.05, 3.63) is 71.4 Å². The number of rotatable bonds is 6. The summed E-state index contributed by atoms with van der Waals surface area (Å²) in [5.74, 6) is 0.931. The topological polar surface area (TPSA) is 68.0 Å². The van der Waals surface area contributed by atoms with Crippen LogP contribution in [0.3, 0.4) is 0 Å². The van der Waals surface area contributed by atoms with Crippen LogP contribution in [0.1, 0.15) is 17.9 Å². The molecule has 1 N–H and O–H groups in total. The molecule has 0 saturated heterocycles. The smallest absolute Gasteiger partial charge is 0.246 e. The van der Waals surface area contributed by atoms with Gasteiger partial charge in [-0.05, 0) is 34.2 Å². The summed E-state index contributed by atoms with van der Waals surface area (Å²) in [6.07, 6.45) is 1.11. The summed E-state index contributed by atoms with van der Waals surface area (Å²) in [5.41, 5.74) is 1.18. The molecule has 0 unspecified atom stereocenters. The van der Waals surface area contributed by atoms with Crippen molar-refractivity contribution in [2.45, 2.75) is 19.4 Å². The number of nitrogens with one attached hydrogen (secondary N) is 1. The molecule has 0 aliphatic carbocycles. The van der Waals surface area contributed by atoms with Crippen molar-refractivity contribution in [1.29, 1.82) is 0 Å². The van der Waals surface area contributed by atoms with Crippen molar-refractivity contribution in [3.8, 4) is 10.7 Å². The Bertz CT molecular complexity index is 1020. The highest BCUT2D eigenvalue weighted by molar-refractivity contribution is 7.13. The van der Waals surface area contributed by atoms with Crippen LogP contribution in [0.5, 0.6) is 0 Å². The lowest BCUT2D eigenvalue weighted by Gasteiger charge is -2.06. The molecule has 5 nitrogen and oxygen atoms in total. The number of amides is 1. The SMILES string of the molecule is O=C(CCc1cccc2ccccc12)NCc1nc(-c2cccs2)no1. The van der Waals surface area contributed by atoms with Crippen LogP contribution < -0.4 is 5.32 Å². The minimum atomic E-state index is -0.0335. The van der Waals surface area contributed by atoms with E-state index in [0.717, 1.165) is 4.88 Å². The Kier molecular flexibility index (Phi) is 4.75. The Morgan fingerprint density at radius 2 is 1.96 bits per heavy atom. The van der Waals surface area contributed by atoms with Gasteiger partial charge in [-0.3, -0.25) is 4.79 Å². The fourth-order valence-electron chi connectivity index (χ4n) is 2.85. The van der Waals surface area contributed by atoms with E-state index in [2.05, 4.69) is 39.7 Å². The molecule has 0 spiro atoms. The average Bonchev–Trinajstić information content (AvgIpc) is 3.36. The minimum Gasteiger partial charge on any atom is -0.347 e. The highest BCUT2D eigenvalue weighted by atomic mass is 32.1. The van der Waals surface area contributed by atoms with Gasteiger partial charge in [-0.15, -0.1) is 11.3 Å². The third-order valence-corrected chi connectivity index (χ3v) is 5.01. The monoisotopic (exact) mass is 363 g/mol. The highest BCUT2D eigenvalue weighted by Gasteiger charge is 2.11. The van der Waals surface area contributed by atoms with Gasteiger partial charge in [0.2, 0.25) is 17.6 Å². The molecule has 4 aromatic rings. The molecule has 6 heteroatoms. The lowest BCUT2D eigenvalue weighted by molar-refractivity contribution is -0.121. The lowest BCUT2D eigenvalue weighted by Crippen LogP contribution is -2.23. The standard InChI is InChI=1S/C20H17N3O2S/c24-18(11-10-15-7-3-6-14-5-1-2-8-16(14)15)21-13-19-22-20(23-25-19)17-9-4-12-26-17/h1-9,12H,10-11,13H2,(H,21,24). The quantitative estimate of drug-likeness (QED) is 0.557. The first-order valence-corrected chi connectivity index (χ1v) is 9.27. The second kappa shape index (κ2) is 7.49. The summed E-state index contributed by atoms with van der Waals surface area (Å²) < 4.78 is 5.19. The fraction of sp³-hybridized carbons (Fsp3) is 0.150. The van der Waals surface area contributed by atoms with Gasteiger partial charge in [-0.25, -0.2) is 0 Å². The molecule has 0 saturated carbocycles. The van der Waals surface area contributed by atoms with Crippen molar-refractivity contribution >= 4 is 28.0 Å². The third-order valence-electron chi connectivity index (χ3n) is 4.15. The maximum Gasteiger partial charge on any atom is 0.246 e. The van der Waals surface area contributed by atoms with Crippen LogP contribution in [0.15, 0.2) is 64.5 Å². The Balaban J connectivity index is 1.33. The number of hydrogen-bond acceptors (Lipinski definition) is 5. The number of carbonyl (C=O) groups excluding carboxylic acids is 1. The molecule has 2 heterocycles. The molecule has 0 aliphatic heterocycles. The summed E-state index contributed by atoms with van der Waals surface area (Å²) in [6.45, 7) is 0.243. The molecular weight excluding hydrogens is 346 g/mol. The predicted molar refractivity (Wildman–Crippen MR) is 102 cm³/mol. The molecule has 0 atom stereocenters. The van der Waals surface area contributed by atoms with Gasteiger partial charge in [0, 0.05) is 6.42 Å². The summed E-state index contributed by atoms with van der Waals surface area (Å²) in [4.78, 5) is 17.4. The van der Waals surface area contributed by atoms with Gasteiger partial charge in [0.15, 0.2) is 0 Å². The maximum absolute atomic E-state index is 12.2. The van der Waals surface area contributed by atoms with E-state index in [0.29, 0.717) is 24.6 Å². The van der Waals surface area contributed by atoms with Crippen LogP contribution in [0.4, 0.5) is 0 Å². The summed E-state index contributed by atoms with van der Waals surface area (Å²) >= 11 is 1.55. The summed E-state index contributed by atoms with van der Waals surface area (Å²) in [7, 11) is 0. The zero-order chi connectivity index (χ0) is 17.8. The van der Waals surface area contributed by atoms with Crippen molar-refractivity contribution in [2.24, 2.45) is 0 Å². The Morgan fingerprint density at radius 1 is 1.08 bits per heavy atom. The van der Waals surface area contributed by atoms with Crippen LogP contribution in [0.25, 0.3) is 21.5 Å². The van der Waals surface area contributed by atoms with Crippen molar-refractivity contribution in [2.75, 3.05) is 0 Å². The number of hydrogen-bond donors (Lipinski definition) is 1. The maximum atomic E-state index is 12.2. The van der Waals surface area contributed by atoms with E-state index in [9.17, 15) is 4.79 Å². The van der Waals surface area contributed by atoms with Crippen LogP contribution in [0.2, 0.25) is 0 Å². The van der Waals surface area contributed by atoms with Crippen molar-refractivity contribution in [3.63, 3.8) is 0 Å². The number of benzene rings is 2. The molecule has 1 amide bonds. The van der Waals surface area contributed by atoms with Gasteiger partial charge in [0.05, 0.1) is 11.4 Å². The minimum absolute atomic E-state index is 0.0335. The number of carbonyl (C=O) groups is 1. The van der Waals surface area contributed by atoms with E-state index in [1.165, 1.54) is 16.3 Å². The van der Waals surface area contributed by atoms with E-state index in [1.807, 2.05) is 35.7 Å². The van der Waals surface area contributed by atoms with Crippen molar-refractivity contribution in [1.82, 2.24) is 15.5 Å². The van der Waals surface area contributed by atoms with E-state index >= 15 is 0 Å². The van der Waals surface area contributed by atoms with Crippen LogP contribution in [0, 0.1) is 0 Å². The molecular formula is C20H17N3O2S. The first-order valence-electron chi connectivity index (χ1n) is 8.39. The van der Waals surface area contributed by atoms with Crippen molar-refractivity contribution < 1.29 is 9.32 Å². The van der Waals surface area contributed by atoms with Gasteiger partial charge in [0.1, 0.15) is 0 Å². The zero-order valence-corrected chi connectivity index (χ0v) is 14.8. The molecule has 26 heavy (non-hydrogen) atoms. The van der Waals surface area contributed by atoms with Gasteiger partial charge in [0.25, 0.3) is 0 Å². The van der Waals surface area contributed by atoms with Crippen LogP contribution in [-0.2, 0) is 17.8 Å². The van der Waals surface area contributed by atoms with E-state index in [1.54, 1.807) is 11.3 Å². The molecule has 2 aromatic heterocycles. The van der Waals surface area contributed by atoms with Gasteiger partial charge >= 0.3 is 0 Å². The molecule has 0 radical (unpaired) electrons. The third kappa shape index (κ3) is 3.65. The predicted octanol–water partition coefficient (Wildman–Crippen LogP) is 4.20. The summed E-state index contributed by atoms with van der Waals surface area (Å²) in [6, 6.07) is 18.3. The Labute approximate surface area is 154 Å². The van der Waals surface area contributed by atoms with Crippen LogP contribution in [-0.4, -0.2) is 16.0 Å². The molecule has 0 aliphatic rings. The Morgan fingerprint density at radius 3 is 2.85 bits per heavy atom. The first kappa shape index (κ1) is 16.5. The number of aryl methyl sites for hydroxylation is 1. The highest BCUT2D eigenvalue weighted by Crippen LogP contribution is 2.21. The zero-order valence-electron chi connectivity index (χ0n) is 14.0. The van der Waals surface area contributed by atoms with Crippen LogP contribution >= 0.6 is 11.3 Å². The molecule has 130 valence electrons. The molecule has 4 rings (SSSR count). The normalized spacial score (nSPS) is 10.9. The lowest BCUT2D eigenvalue weighted by atomic mass is 10.0. The van der Waals surface area contributed by atoms with Gasteiger partial charge in [-0.2, -0.15) is 4.98 Å². The molecule has 0 bridgehead atoms. The number of nitrogens with zero attached hydrogens (tertiary/aromatic N) is 2. The number of fused-ring (bicyclic) bond motifs is 1. The molecule has 0 fully saturated rings. The van der Waals surface area contributed by atoms with E-state index in [-0.39, 0.29) is 12.5 Å². The van der Waals surface area contributed by atoms with Gasteiger partial charge in [-0.1, -0.05) is 53.7 Å². The second-order valence-electron chi connectivity index (χ2n) is 5.90. The largest absolute Gasteiger partial charge is 0.347 e. The number of aromatic nitrogens is 2. The fourth-order valence-corrected chi connectivity index (χ4v) is 3.50. The van der Waals surface area contributed by atoms with Gasteiger partial charge < -0.3 is 9.84 Å². The second-order valence-corrected chi connectivity index (χ2v) is 6.85. The first-order chi connectivity index (χ1) is 12.8. The van der Waals surface area contributed by atoms with E-state index in [4.69, 9.17) is 4.52 Å². The Hall–Kier alpha value is -2.99. The van der Waals surface area contributed by atoms with E-state index < -0.39 is 0 Å². The molecule has 2 aromatic carbocycles. The average molecular weight is 363 g/mol.